The van der Waals surface area contributed by atoms with E-state index in [1.165, 1.54) is 0 Å². The molecule has 0 bridgehead atoms. The third-order valence-electron chi connectivity index (χ3n) is 4.89. The van der Waals surface area contributed by atoms with E-state index in [0.29, 0.717) is 22.9 Å². The summed E-state index contributed by atoms with van der Waals surface area (Å²) in [4.78, 5) is 8.83. The normalized spacial score (nSPS) is 11.9. The zero-order valence-electron chi connectivity index (χ0n) is 14.9. The molecular weight excluding hydrogens is 388 g/mol. The van der Waals surface area contributed by atoms with E-state index in [-0.39, 0.29) is 0 Å². The van der Waals surface area contributed by atoms with Crippen molar-refractivity contribution in [1.29, 1.82) is 0 Å². The summed E-state index contributed by atoms with van der Waals surface area (Å²) in [6, 6.07) is 9.49. The Morgan fingerprint density at radius 2 is 2.00 bits per heavy atom. The average molecular weight is 399 g/mol. The van der Waals surface area contributed by atoms with Gasteiger partial charge in [0, 0.05) is 28.6 Å². The first kappa shape index (κ1) is 16.1. The molecule has 8 heteroatoms. The van der Waals surface area contributed by atoms with Crippen LogP contribution < -0.4 is 0 Å². The van der Waals surface area contributed by atoms with Crippen LogP contribution in [0.15, 0.2) is 59.7 Å². The van der Waals surface area contributed by atoms with E-state index in [1.807, 2.05) is 39.6 Å². The average Bonchev–Trinajstić information content (AvgIpc) is 3.45. The lowest BCUT2D eigenvalue weighted by molar-refractivity contribution is 0.603. The lowest BCUT2D eigenvalue weighted by Crippen LogP contribution is -2.03. The summed E-state index contributed by atoms with van der Waals surface area (Å²) in [6.45, 7) is 0. The van der Waals surface area contributed by atoms with Gasteiger partial charge in [-0.05, 0) is 36.3 Å². The third-order valence-corrected chi connectivity index (χ3v) is 5.13. The van der Waals surface area contributed by atoms with Gasteiger partial charge in [-0.2, -0.15) is 0 Å². The predicted molar refractivity (Wildman–Crippen MR) is 106 cm³/mol. The fourth-order valence-electron chi connectivity index (χ4n) is 3.53. The molecule has 1 aliphatic heterocycles. The van der Waals surface area contributed by atoms with Crippen molar-refractivity contribution in [3.63, 3.8) is 0 Å². The Balaban J connectivity index is 1.49. The number of imidazole rings is 1. The lowest BCUT2D eigenvalue weighted by Gasteiger charge is -2.09. The van der Waals surface area contributed by atoms with Gasteiger partial charge in [0.1, 0.15) is 12.0 Å². The molecule has 5 aromatic rings. The Morgan fingerprint density at radius 3 is 2.97 bits per heavy atom. The number of aromatic nitrogens is 6. The number of furan rings is 1. The van der Waals surface area contributed by atoms with Gasteiger partial charge in [0.25, 0.3) is 0 Å². The zero-order valence-corrected chi connectivity index (χ0v) is 15.6. The van der Waals surface area contributed by atoms with E-state index in [0.717, 1.165) is 33.7 Å². The highest BCUT2D eigenvalue weighted by atomic mass is 35.5. The molecule has 4 aromatic heterocycles. The molecule has 0 amide bonds. The monoisotopic (exact) mass is 398 g/mol. The maximum atomic E-state index is 6.23. The molecule has 1 aliphatic rings. The Morgan fingerprint density at radius 1 is 1.03 bits per heavy atom. The van der Waals surface area contributed by atoms with Crippen LogP contribution in [0.3, 0.4) is 0 Å². The van der Waals surface area contributed by atoms with Gasteiger partial charge in [0.05, 0.1) is 35.2 Å². The standard InChI is InChI=1S/C21H11ClN6O/c22-15-2-4-18-20(8-15)28-16(11-25-26-28)9-19-17(24-12-27(18)19)3-1-13-7-14-5-6-29-21(14)23-10-13/h2,4-8,10-12H,9H2. The van der Waals surface area contributed by atoms with Gasteiger partial charge < -0.3 is 4.42 Å². The van der Waals surface area contributed by atoms with Crippen molar-refractivity contribution in [3.05, 3.63) is 83.0 Å². The summed E-state index contributed by atoms with van der Waals surface area (Å²) in [5.41, 5.74) is 5.80. The van der Waals surface area contributed by atoms with Crippen LogP contribution in [0, 0.1) is 11.8 Å². The number of rotatable bonds is 0. The molecular formula is C21H11ClN6O. The van der Waals surface area contributed by atoms with Crippen molar-refractivity contribution >= 4 is 22.7 Å². The summed E-state index contributed by atoms with van der Waals surface area (Å²) in [5.74, 6) is 6.35. The van der Waals surface area contributed by atoms with Crippen LogP contribution in [0.5, 0.6) is 0 Å². The molecule has 138 valence electrons. The van der Waals surface area contributed by atoms with Gasteiger partial charge in [-0.3, -0.25) is 4.57 Å². The molecule has 5 heterocycles. The molecule has 0 aliphatic carbocycles. The zero-order chi connectivity index (χ0) is 19.4. The second-order valence-electron chi connectivity index (χ2n) is 6.65. The van der Waals surface area contributed by atoms with Crippen LogP contribution in [-0.2, 0) is 6.42 Å². The summed E-state index contributed by atoms with van der Waals surface area (Å²) < 4.78 is 9.12. The summed E-state index contributed by atoms with van der Waals surface area (Å²) in [7, 11) is 0. The SMILES string of the molecule is Clc1ccc2c(c1)-n1nncc1Cc1c(C#Cc3cnc4occc4c3)ncn1-2. The minimum Gasteiger partial charge on any atom is -0.446 e. The summed E-state index contributed by atoms with van der Waals surface area (Å²) in [5, 5.41) is 9.85. The van der Waals surface area contributed by atoms with Crippen molar-refractivity contribution in [2.24, 2.45) is 0 Å². The number of nitrogens with zero attached hydrogens (tertiary/aromatic N) is 6. The Bertz CT molecular complexity index is 1470. The molecule has 0 fully saturated rings. The van der Waals surface area contributed by atoms with Gasteiger partial charge in [-0.1, -0.05) is 22.7 Å². The first-order valence-corrected chi connectivity index (χ1v) is 9.25. The van der Waals surface area contributed by atoms with Crippen molar-refractivity contribution < 1.29 is 4.42 Å². The van der Waals surface area contributed by atoms with E-state index in [1.54, 1.807) is 25.0 Å². The van der Waals surface area contributed by atoms with Crippen LogP contribution in [0.4, 0.5) is 0 Å². The third kappa shape index (κ3) is 2.54. The van der Waals surface area contributed by atoms with E-state index in [2.05, 4.69) is 32.1 Å². The molecule has 0 N–H and O–H groups in total. The minimum absolute atomic E-state index is 0.599. The second kappa shape index (κ2) is 6.06. The largest absolute Gasteiger partial charge is 0.446 e. The highest BCUT2D eigenvalue weighted by Crippen LogP contribution is 2.30. The molecule has 0 saturated heterocycles. The first-order chi connectivity index (χ1) is 14.3. The molecule has 0 saturated carbocycles. The van der Waals surface area contributed by atoms with Crippen molar-refractivity contribution in [1.82, 2.24) is 29.5 Å². The van der Waals surface area contributed by atoms with Gasteiger partial charge >= 0.3 is 0 Å². The molecule has 6 rings (SSSR count). The summed E-state index contributed by atoms with van der Waals surface area (Å²) >= 11 is 6.23. The molecule has 0 unspecified atom stereocenters. The van der Waals surface area contributed by atoms with Crippen LogP contribution in [-0.4, -0.2) is 29.5 Å². The van der Waals surface area contributed by atoms with Gasteiger partial charge in [-0.15, -0.1) is 5.10 Å². The molecule has 0 atom stereocenters. The minimum atomic E-state index is 0.599. The number of fused-ring (bicyclic) bond motifs is 6. The van der Waals surface area contributed by atoms with Gasteiger partial charge in [-0.25, -0.2) is 14.6 Å². The van der Waals surface area contributed by atoms with E-state index >= 15 is 0 Å². The highest BCUT2D eigenvalue weighted by Gasteiger charge is 2.22. The maximum absolute atomic E-state index is 6.23. The predicted octanol–water partition coefficient (Wildman–Crippen LogP) is 3.55. The van der Waals surface area contributed by atoms with Crippen LogP contribution in [0.2, 0.25) is 5.02 Å². The quantitative estimate of drug-likeness (QED) is 0.366. The van der Waals surface area contributed by atoms with Gasteiger partial charge in [0.2, 0.25) is 5.71 Å². The number of benzene rings is 1. The summed E-state index contributed by atoms with van der Waals surface area (Å²) in [6.07, 6.45) is 7.45. The number of hydrogen-bond acceptors (Lipinski definition) is 5. The Labute approximate surface area is 169 Å². The lowest BCUT2D eigenvalue weighted by atomic mass is 10.2. The molecule has 0 spiro atoms. The Kier molecular flexibility index (Phi) is 3.36. The van der Waals surface area contributed by atoms with E-state index < -0.39 is 0 Å². The fourth-order valence-corrected chi connectivity index (χ4v) is 3.70. The fraction of sp³-hybridized carbons (Fsp3) is 0.0476. The van der Waals surface area contributed by atoms with Crippen LogP contribution >= 0.6 is 11.6 Å². The number of pyridine rings is 1. The van der Waals surface area contributed by atoms with Crippen molar-refractivity contribution in [2.45, 2.75) is 6.42 Å². The second-order valence-corrected chi connectivity index (χ2v) is 7.08. The highest BCUT2D eigenvalue weighted by molar-refractivity contribution is 6.30. The molecule has 7 nitrogen and oxygen atoms in total. The Hall–Kier alpha value is -3.89. The van der Waals surface area contributed by atoms with Crippen molar-refractivity contribution in [3.8, 4) is 23.2 Å². The smallest absolute Gasteiger partial charge is 0.225 e. The molecule has 29 heavy (non-hydrogen) atoms. The van der Waals surface area contributed by atoms with Crippen LogP contribution in [0.1, 0.15) is 22.6 Å². The topological polar surface area (TPSA) is 74.6 Å². The van der Waals surface area contributed by atoms with E-state index in [9.17, 15) is 0 Å². The van der Waals surface area contributed by atoms with Crippen molar-refractivity contribution in [2.75, 3.05) is 0 Å². The van der Waals surface area contributed by atoms with E-state index in [4.69, 9.17) is 16.0 Å². The molecule has 0 radical (unpaired) electrons. The number of hydrogen-bond donors (Lipinski definition) is 0. The number of halogens is 1. The first-order valence-electron chi connectivity index (χ1n) is 8.88. The van der Waals surface area contributed by atoms with Gasteiger partial charge in [0.15, 0.2) is 0 Å². The maximum Gasteiger partial charge on any atom is 0.225 e. The molecule has 1 aromatic carbocycles. The van der Waals surface area contributed by atoms with Crippen LogP contribution in [0.25, 0.3) is 22.5 Å².